The third-order valence-electron chi connectivity index (χ3n) is 2.54. The molecule has 0 atom stereocenters. The lowest BCUT2D eigenvalue weighted by molar-refractivity contribution is -0.141. The van der Waals surface area contributed by atoms with Crippen LogP contribution < -0.4 is 5.43 Å². The van der Waals surface area contributed by atoms with Gasteiger partial charge in [-0.25, -0.2) is 9.97 Å². The summed E-state index contributed by atoms with van der Waals surface area (Å²) in [7, 11) is 0. The van der Waals surface area contributed by atoms with Crippen molar-refractivity contribution in [2.75, 3.05) is 11.2 Å². The lowest BCUT2D eigenvalue weighted by Crippen LogP contribution is -2.10. The number of alkyl halides is 3. The quantitative estimate of drug-likeness (QED) is 0.284. The second-order valence-electron chi connectivity index (χ2n) is 4.38. The van der Waals surface area contributed by atoms with Crippen LogP contribution in [-0.4, -0.2) is 27.0 Å². The number of terminal acetylenes is 1. The van der Waals surface area contributed by atoms with Crippen molar-refractivity contribution < 1.29 is 18.3 Å². The number of anilines is 1. The van der Waals surface area contributed by atoms with Gasteiger partial charge in [0.15, 0.2) is 16.7 Å². The molecule has 0 fully saturated rings. The zero-order valence-corrected chi connectivity index (χ0v) is 12.9. The minimum Gasteiger partial charge on any atom is -0.508 e. The lowest BCUT2D eigenvalue weighted by atomic mass is 10.2. The highest BCUT2D eigenvalue weighted by Crippen LogP contribution is 2.30. The second kappa shape index (κ2) is 7.70. The van der Waals surface area contributed by atoms with Crippen LogP contribution in [0.25, 0.3) is 0 Å². The van der Waals surface area contributed by atoms with E-state index in [0.717, 1.165) is 17.8 Å². The smallest absolute Gasteiger partial charge is 0.433 e. The summed E-state index contributed by atoms with van der Waals surface area (Å²) in [4.78, 5) is 7.34. The van der Waals surface area contributed by atoms with Gasteiger partial charge in [-0.1, -0.05) is 29.8 Å². The highest BCUT2D eigenvalue weighted by molar-refractivity contribution is 7.99. The van der Waals surface area contributed by atoms with Gasteiger partial charge >= 0.3 is 6.18 Å². The summed E-state index contributed by atoms with van der Waals surface area (Å²) in [6.07, 6.45) is 1.81. The van der Waals surface area contributed by atoms with E-state index < -0.39 is 11.9 Å². The van der Waals surface area contributed by atoms with Crippen LogP contribution in [0.2, 0.25) is 0 Å². The number of benzene rings is 1. The van der Waals surface area contributed by atoms with Gasteiger partial charge in [0.25, 0.3) is 0 Å². The number of aromatic nitrogens is 2. The number of hydrogen-bond donors (Lipinski definition) is 2. The zero-order chi connectivity index (χ0) is 17.6. The molecule has 1 heterocycles. The van der Waals surface area contributed by atoms with Crippen LogP contribution in [0.5, 0.6) is 5.75 Å². The number of rotatable bonds is 5. The van der Waals surface area contributed by atoms with Crippen LogP contribution >= 0.6 is 11.8 Å². The molecule has 1 aromatic heterocycles. The van der Waals surface area contributed by atoms with E-state index in [1.54, 1.807) is 12.1 Å². The Bertz CT molecular complexity index is 787. The molecular weight excluding hydrogens is 341 g/mol. The molecule has 2 aromatic rings. The summed E-state index contributed by atoms with van der Waals surface area (Å²) < 4.78 is 38.6. The number of nitrogens with zero attached hydrogens (tertiary/aromatic N) is 3. The zero-order valence-electron chi connectivity index (χ0n) is 12.1. The predicted molar refractivity (Wildman–Crippen MR) is 85.9 cm³/mol. The summed E-state index contributed by atoms with van der Waals surface area (Å²) in [5.74, 6) is 2.37. The number of aromatic hydroxyl groups is 1. The Morgan fingerprint density at radius 2 is 2.12 bits per heavy atom. The molecule has 0 unspecified atom stereocenters. The first-order chi connectivity index (χ1) is 11.4. The third kappa shape index (κ3) is 5.17. The Kier molecular flexibility index (Phi) is 5.65. The van der Waals surface area contributed by atoms with E-state index in [2.05, 4.69) is 26.4 Å². The Hall–Kier alpha value is -2.73. The monoisotopic (exact) mass is 352 g/mol. The molecular formula is C15H11F3N4OS. The largest absolute Gasteiger partial charge is 0.508 e. The topological polar surface area (TPSA) is 70.4 Å². The summed E-state index contributed by atoms with van der Waals surface area (Å²) in [5.41, 5.74) is 1.89. The molecule has 24 heavy (non-hydrogen) atoms. The molecule has 0 spiro atoms. The van der Waals surface area contributed by atoms with E-state index in [0.29, 0.717) is 5.56 Å². The molecule has 0 amide bonds. The number of nitrogens with one attached hydrogen (secondary N) is 1. The predicted octanol–water partition coefficient (Wildman–Crippen LogP) is 3.37. The fourth-order valence-corrected chi connectivity index (χ4v) is 2.11. The van der Waals surface area contributed by atoms with Crippen molar-refractivity contribution in [2.45, 2.75) is 11.3 Å². The van der Waals surface area contributed by atoms with Crippen LogP contribution in [0.1, 0.15) is 11.3 Å². The number of phenols is 1. The van der Waals surface area contributed by atoms with Crippen LogP contribution in [0.3, 0.4) is 0 Å². The first-order valence-electron chi connectivity index (χ1n) is 6.49. The van der Waals surface area contributed by atoms with E-state index in [1.807, 2.05) is 0 Å². The van der Waals surface area contributed by atoms with Gasteiger partial charge in [0.2, 0.25) is 0 Å². The maximum absolute atomic E-state index is 12.9. The minimum atomic E-state index is -4.61. The highest BCUT2D eigenvalue weighted by atomic mass is 32.2. The lowest BCUT2D eigenvalue weighted by Gasteiger charge is -2.09. The van der Waals surface area contributed by atoms with Gasteiger partial charge in [0.1, 0.15) is 5.75 Å². The van der Waals surface area contributed by atoms with Gasteiger partial charge in [-0.2, -0.15) is 18.3 Å². The molecule has 0 aliphatic heterocycles. The minimum absolute atomic E-state index is 0.0494. The standard InChI is InChI=1S/C15H11F3N4OS/c1-2-6-24-14-20-12(15(16,17)18)8-13(21-14)22-19-9-10-4-3-5-11(23)7-10/h1,3-5,7-9,23H,6H2,(H,20,21,22)/b19-9+. The highest BCUT2D eigenvalue weighted by Gasteiger charge is 2.33. The summed E-state index contributed by atoms with van der Waals surface area (Å²) in [5, 5.41) is 13.0. The van der Waals surface area contributed by atoms with E-state index in [9.17, 15) is 18.3 Å². The van der Waals surface area contributed by atoms with Crippen molar-refractivity contribution >= 4 is 23.8 Å². The summed E-state index contributed by atoms with van der Waals surface area (Å²) >= 11 is 0.913. The fraction of sp³-hybridized carbons (Fsp3) is 0.133. The average molecular weight is 352 g/mol. The third-order valence-corrected chi connectivity index (χ3v) is 3.30. The number of hydrazone groups is 1. The van der Waals surface area contributed by atoms with Crippen molar-refractivity contribution in [1.82, 2.24) is 9.97 Å². The Morgan fingerprint density at radius 3 is 2.79 bits per heavy atom. The van der Waals surface area contributed by atoms with Crippen molar-refractivity contribution in [3.8, 4) is 18.1 Å². The maximum atomic E-state index is 12.9. The van der Waals surface area contributed by atoms with Gasteiger partial charge in [-0.05, 0) is 17.7 Å². The first-order valence-corrected chi connectivity index (χ1v) is 7.47. The molecule has 5 nitrogen and oxygen atoms in total. The molecule has 0 saturated carbocycles. The van der Waals surface area contributed by atoms with Gasteiger partial charge in [-0.15, -0.1) is 6.42 Å². The van der Waals surface area contributed by atoms with Crippen molar-refractivity contribution in [1.29, 1.82) is 0 Å². The molecule has 9 heteroatoms. The summed E-state index contributed by atoms with van der Waals surface area (Å²) in [6.45, 7) is 0. The number of halogens is 3. The number of thioether (sulfide) groups is 1. The summed E-state index contributed by atoms with van der Waals surface area (Å²) in [6, 6.07) is 6.96. The van der Waals surface area contributed by atoms with Gasteiger partial charge in [-0.3, -0.25) is 5.43 Å². The SMILES string of the molecule is C#CCSc1nc(N/N=C/c2cccc(O)c2)cc(C(F)(F)F)n1. The molecule has 1 aromatic carbocycles. The molecule has 2 rings (SSSR count). The Labute approximate surface area is 140 Å². The number of phenolic OH excluding ortho intramolecular Hbond substituents is 1. The van der Waals surface area contributed by atoms with E-state index in [-0.39, 0.29) is 22.5 Å². The van der Waals surface area contributed by atoms with Crippen molar-refractivity contribution in [2.24, 2.45) is 5.10 Å². The fourth-order valence-electron chi connectivity index (χ4n) is 1.58. The molecule has 0 aliphatic carbocycles. The molecule has 0 bridgehead atoms. The van der Waals surface area contributed by atoms with Crippen molar-refractivity contribution in [3.05, 3.63) is 41.6 Å². The van der Waals surface area contributed by atoms with E-state index >= 15 is 0 Å². The van der Waals surface area contributed by atoms with Crippen LogP contribution in [0.4, 0.5) is 19.0 Å². The first kappa shape index (κ1) is 17.6. The molecule has 0 radical (unpaired) electrons. The van der Waals surface area contributed by atoms with Crippen molar-refractivity contribution in [3.63, 3.8) is 0 Å². The van der Waals surface area contributed by atoms with Crippen LogP contribution in [0.15, 0.2) is 40.6 Å². The Balaban J connectivity index is 2.20. The van der Waals surface area contributed by atoms with Crippen LogP contribution in [0, 0.1) is 12.3 Å². The van der Waals surface area contributed by atoms with E-state index in [1.165, 1.54) is 18.3 Å². The van der Waals surface area contributed by atoms with Crippen LogP contribution in [-0.2, 0) is 6.18 Å². The molecule has 0 saturated heterocycles. The number of hydrogen-bond acceptors (Lipinski definition) is 6. The van der Waals surface area contributed by atoms with Gasteiger partial charge in [0, 0.05) is 6.07 Å². The maximum Gasteiger partial charge on any atom is 0.433 e. The van der Waals surface area contributed by atoms with E-state index in [4.69, 9.17) is 6.42 Å². The average Bonchev–Trinajstić information content (AvgIpc) is 2.52. The second-order valence-corrected chi connectivity index (χ2v) is 5.32. The molecule has 0 aliphatic rings. The van der Waals surface area contributed by atoms with Gasteiger partial charge < -0.3 is 5.11 Å². The molecule has 124 valence electrons. The van der Waals surface area contributed by atoms with Gasteiger partial charge in [0.05, 0.1) is 12.0 Å². The Morgan fingerprint density at radius 1 is 1.33 bits per heavy atom. The molecule has 2 N–H and O–H groups in total. The normalized spacial score (nSPS) is 11.4.